The SMILES string of the molecule is CC(=O)Nc1cc(F)cc(-c2ccc3c(CCCN4CCS(=O)(=O)CC4)cn(-c4ccccc4)c3n2)c1. The van der Waals surface area contributed by atoms with Crippen molar-refractivity contribution in [1.82, 2.24) is 14.5 Å². The van der Waals surface area contributed by atoms with Crippen molar-refractivity contribution in [2.45, 2.75) is 19.8 Å². The minimum Gasteiger partial charge on any atom is -0.326 e. The summed E-state index contributed by atoms with van der Waals surface area (Å²) in [5, 5.41) is 3.66. The van der Waals surface area contributed by atoms with Gasteiger partial charge in [0.15, 0.2) is 9.84 Å². The number of aryl methyl sites for hydroxylation is 1. The first-order valence-electron chi connectivity index (χ1n) is 12.4. The normalized spacial score (nSPS) is 15.6. The molecule has 192 valence electrons. The van der Waals surface area contributed by atoms with E-state index in [1.54, 1.807) is 6.07 Å². The number of nitrogens with one attached hydrogen (secondary N) is 1. The molecule has 0 radical (unpaired) electrons. The van der Waals surface area contributed by atoms with Gasteiger partial charge in [-0.25, -0.2) is 17.8 Å². The minimum absolute atomic E-state index is 0.233. The van der Waals surface area contributed by atoms with E-state index in [4.69, 9.17) is 4.98 Å². The molecule has 3 heterocycles. The van der Waals surface area contributed by atoms with E-state index in [0.717, 1.165) is 41.7 Å². The lowest BCUT2D eigenvalue weighted by molar-refractivity contribution is -0.114. The van der Waals surface area contributed by atoms with E-state index in [2.05, 4.69) is 21.0 Å². The highest BCUT2D eigenvalue weighted by Crippen LogP contribution is 2.29. The predicted octanol–water partition coefficient (Wildman–Crippen LogP) is 4.45. The maximum Gasteiger partial charge on any atom is 0.221 e. The van der Waals surface area contributed by atoms with Crippen LogP contribution in [0.5, 0.6) is 0 Å². The molecule has 1 saturated heterocycles. The Balaban J connectivity index is 1.46. The van der Waals surface area contributed by atoms with Gasteiger partial charge in [-0.2, -0.15) is 0 Å². The molecule has 0 unspecified atom stereocenters. The molecule has 37 heavy (non-hydrogen) atoms. The summed E-state index contributed by atoms with van der Waals surface area (Å²) >= 11 is 0. The Morgan fingerprint density at radius 2 is 1.81 bits per heavy atom. The lowest BCUT2D eigenvalue weighted by Crippen LogP contribution is -2.40. The molecule has 2 aromatic carbocycles. The molecule has 1 aliphatic heterocycles. The third-order valence-corrected chi connectivity index (χ3v) is 8.25. The van der Waals surface area contributed by atoms with Crippen LogP contribution < -0.4 is 5.32 Å². The molecule has 1 amide bonds. The highest BCUT2D eigenvalue weighted by atomic mass is 32.2. The lowest BCUT2D eigenvalue weighted by atomic mass is 10.1. The Morgan fingerprint density at radius 3 is 2.54 bits per heavy atom. The zero-order valence-corrected chi connectivity index (χ0v) is 21.5. The van der Waals surface area contributed by atoms with E-state index in [1.165, 1.54) is 19.1 Å². The number of carbonyl (C=O) groups is 1. The summed E-state index contributed by atoms with van der Waals surface area (Å²) in [6.07, 6.45) is 3.83. The first-order chi connectivity index (χ1) is 17.8. The second-order valence-corrected chi connectivity index (χ2v) is 11.7. The van der Waals surface area contributed by atoms with Gasteiger partial charge in [0.05, 0.1) is 17.2 Å². The van der Waals surface area contributed by atoms with Crippen LogP contribution in [0.1, 0.15) is 18.9 Å². The molecule has 2 aromatic heterocycles. The fraction of sp³-hybridized carbons (Fsp3) is 0.286. The zero-order chi connectivity index (χ0) is 26.0. The van der Waals surface area contributed by atoms with Gasteiger partial charge in [0.1, 0.15) is 11.5 Å². The average molecular weight is 521 g/mol. The fourth-order valence-electron chi connectivity index (χ4n) is 4.79. The number of benzene rings is 2. The molecule has 1 aliphatic rings. The number of nitrogens with zero attached hydrogens (tertiary/aromatic N) is 3. The number of aromatic nitrogens is 2. The van der Waals surface area contributed by atoms with Crippen LogP contribution in [0.3, 0.4) is 0 Å². The monoisotopic (exact) mass is 520 g/mol. The van der Waals surface area contributed by atoms with Gasteiger partial charge in [0.25, 0.3) is 0 Å². The van der Waals surface area contributed by atoms with Gasteiger partial charge in [0.2, 0.25) is 5.91 Å². The van der Waals surface area contributed by atoms with Gasteiger partial charge in [-0.15, -0.1) is 0 Å². The third-order valence-electron chi connectivity index (χ3n) is 6.64. The van der Waals surface area contributed by atoms with E-state index in [9.17, 15) is 17.6 Å². The number of halogens is 1. The van der Waals surface area contributed by atoms with Crippen molar-refractivity contribution in [2.24, 2.45) is 0 Å². The predicted molar refractivity (Wildman–Crippen MR) is 144 cm³/mol. The molecule has 4 aromatic rings. The highest BCUT2D eigenvalue weighted by molar-refractivity contribution is 7.91. The van der Waals surface area contributed by atoms with Crippen LogP contribution in [-0.4, -0.2) is 59.9 Å². The Labute approximate surface area is 215 Å². The molecular formula is C28H29FN4O3S. The number of sulfone groups is 1. The van der Waals surface area contributed by atoms with Crippen molar-refractivity contribution in [3.8, 4) is 16.9 Å². The average Bonchev–Trinajstić information content (AvgIpc) is 3.23. The number of hydrogen-bond acceptors (Lipinski definition) is 5. The number of amides is 1. The molecule has 0 atom stereocenters. The van der Waals surface area contributed by atoms with Crippen molar-refractivity contribution >= 4 is 32.5 Å². The maximum atomic E-state index is 14.3. The summed E-state index contributed by atoms with van der Waals surface area (Å²) in [6.45, 7) is 3.41. The smallest absolute Gasteiger partial charge is 0.221 e. The Morgan fingerprint density at radius 1 is 1.05 bits per heavy atom. The number of rotatable bonds is 7. The number of anilines is 1. The molecule has 9 heteroatoms. The van der Waals surface area contributed by atoms with Crippen molar-refractivity contribution < 1.29 is 17.6 Å². The van der Waals surface area contributed by atoms with Crippen molar-refractivity contribution in [3.05, 3.63) is 78.2 Å². The molecule has 1 N–H and O–H groups in total. The van der Waals surface area contributed by atoms with Crippen LogP contribution in [0.2, 0.25) is 0 Å². The summed E-state index contributed by atoms with van der Waals surface area (Å²) < 4.78 is 39.8. The van der Waals surface area contributed by atoms with Crippen LogP contribution in [-0.2, 0) is 21.1 Å². The molecule has 0 bridgehead atoms. The van der Waals surface area contributed by atoms with Gasteiger partial charge in [-0.05, 0) is 67.4 Å². The van der Waals surface area contributed by atoms with Gasteiger partial charge < -0.3 is 14.8 Å². The van der Waals surface area contributed by atoms with Crippen LogP contribution in [0.15, 0.2) is 66.9 Å². The zero-order valence-electron chi connectivity index (χ0n) is 20.7. The van der Waals surface area contributed by atoms with Crippen molar-refractivity contribution in [1.29, 1.82) is 0 Å². The molecule has 0 saturated carbocycles. The van der Waals surface area contributed by atoms with Gasteiger partial charge in [0, 0.05) is 48.5 Å². The summed E-state index contributed by atoms with van der Waals surface area (Å²) in [4.78, 5) is 18.6. The van der Waals surface area contributed by atoms with Crippen LogP contribution in [0.4, 0.5) is 10.1 Å². The van der Waals surface area contributed by atoms with Crippen LogP contribution in [0, 0.1) is 5.82 Å². The molecular weight excluding hydrogens is 491 g/mol. The fourth-order valence-corrected chi connectivity index (χ4v) is 6.07. The maximum absolute atomic E-state index is 14.3. The van der Waals surface area contributed by atoms with E-state index >= 15 is 0 Å². The molecule has 0 aliphatic carbocycles. The lowest BCUT2D eigenvalue weighted by Gasteiger charge is -2.26. The quantitative estimate of drug-likeness (QED) is 0.389. The number of para-hydroxylation sites is 1. The van der Waals surface area contributed by atoms with Crippen LogP contribution in [0.25, 0.3) is 28.0 Å². The Hall–Kier alpha value is -3.56. The standard InChI is InChI=1S/C28H29FN4O3S/c1-20(34)30-24-17-22(16-23(29)18-24)27-10-9-26-21(6-5-11-32-12-14-37(35,36)15-13-32)19-33(28(26)31-27)25-7-3-2-4-8-25/h2-4,7-10,16-19H,5-6,11-15H2,1H3,(H,30,34). The van der Waals surface area contributed by atoms with E-state index in [-0.39, 0.29) is 17.4 Å². The second kappa shape index (κ2) is 10.4. The first kappa shape index (κ1) is 25.1. The van der Waals surface area contributed by atoms with Gasteiger partial charge >= 0.3 is 0 Å². The summed E-state index contributed by atoms with van der Waals surface area (Å²) in [7, 11) is -2.88. The number of fused-ring (bicyclic) bond motifs is 1. The molecule has 1 fully saturated rings. The molecule has 7 nitrogen and oxygen atoms in total. The Kier molecular flexibility index (Phi) is 7.08. The highest BCUT2D eigenvalue weighted by Gasteiger charge is 2.21. The molecule has 5 rings (SSSR count). The van der Waals surface area contributed by atoms with Crippen LogP contribution >= 0.6 is 0 Å². The summed E-state index contributed by atoms with van der Waals surface area (Å²) in [5.74, 6) is -0.255. The van der Waals surface area contributed by atoms with E-state index in [1.807, 2.05) is 42.5 Å². The number of pyridine rings is 1. The van der Waals surface area contributed by atoms with E-state index < -0.39 is 15.7 Å². The third kappa shape index (κ3) is 5.89. The van der Waals surface area contributed by atoms with Crippen molar-refractivity contribution in [2.75, 3.05) is 36.5 Å². The number of carbonyl (C=O) groups excluding carboxylic acids is 1. The first-order valence-corrected chi connectivity index (χ1v) is 14.2. The minimum atomic E-state index is -2.88. The summed E-state index contributed by atoms with van der Waals surface area (Å²) in [6, 6.07) is 18.2. The van der Waals surface area contributed by atoms with Crippen molar-refractivity contribution in [3.63, 3.8) is 0 Å². The largest absolute Gasteiger partial charge is 0.326 e. The Bertz CT molecular complexity index is 1540. The summed E-state index contributed by atoms with van der Waals surface area (Å²) in [5.41, 5.74) is 4.47. The van der Waals surface area contributed by atoms with Gasteiger partial charge in [-0.1, -0.05) is 18.2 Å². The second-order valence-electron chi connectivity index (χ2n) is 9.43. The van der Waals surface area contributed by atoms with Gasteiger partial charge in [-0.3, -0.25) is 4.79 Å². The van der Waals surface area contributed by atoms with E-state index in [0.29, 0.717) is 30.0 Å². The molecule has 0 spiro atoms. The topological polar surface area (TPSA) is 84.3 Å². The number of hydrogen-bond donors (Lipinski definition) is 1.